The van der Waals surface area contributed by atoms with Crippen molar-refractivity contribution in [2.45, 2.75) is 6.92 Å². The van der Waals surface area contributed by atoms with Crippen LogP contribution in [0.4, 0.5) is 5.69 Å². The molecular weight excluding hydrogens is 349 g/mol. The largest absolute Gasteiger partial charge is 0.462 e. The van der Waals surface area contributed by atoms with E-state index in [0.29, 0.717) is 27.9 Å². The van der Waals surface area contributed by atoms with Gasteiger partial charge in [-0.15, -0.1) is 0 Å². The summed E-state index contributed by atoms with van der Waals surface area (Å²) in [7, 11) is 0. The van der Waals surface area contributed by atoms with Crippen LogP contribution in [-0.4, -0.2) is 18.5 Å². The Labute approximate surface area is 150 Å². The third kappa shape index (κ3) is 5.11. The molecule has 0 aliphatic carbocycles. The zero-order valence-corrected chi connectivity index (χ0v) is 14.4. The number of ether oxygens (including phenoxy) is 1. The number of amides is 1. The number of hydrogen-bond acceptors (Lipinski definition) is 3. The van der Waals surface area contributed by atoms with Crippen LogP contribution in [0.25, 0.3) is 6.08 Å². The van der Waals surface area contributed by atoms with Crippen LogP contribution < -0.4 is 5.32 Å². The average molecular weight is 364 g/mol. The number of benzene rings is 2. The topological polar surface area (TPSA) is 55.4 Å². The van der Waals surface area contributed by atoms with Crippen LogP contribution in [0.15, 0.2) is 48.5 Å². The maximum Gasteiger partial charge on any atom is 0.338 e. The Morgan fingerprint density at radius 1 is 1.12 bits per heavy atom. The van der Waals surface area contributed by atoms with Gasteiger partial charge in [-0.3, -0.25) is 4.79 Å². The molecule has 0 aliphatic heterocycles. The number of hydrogen-bond donors (Lipinski definition) is 1. The number of carbonyl (C=O) groups is 2. The molecule has 124 valence electrons. The summed E-state index contributed by atoms with van der Waals surface area (Å²) in [6.45, 7) is 2.03. The van der Waals surface area contributed by atoms with Gasteiger partial charge in [0.1, 0.15) is 0 Å². The molecule has 0 saturated heterocycles. The first-order valence-electron chi connectivity index (χ1n) is 7.21. The number of halogens is 2. The smallest absolute Gasteiger partial charge is 0.338 e. The fourth-order valence-electron chi connectivity index (χ4n) is 1.91. The third-order valence-corrected chi connectivity index (χ3v) is 3.75. The first kappa shape index (κ1) is 18.0. The molecule has 0 saturated carbocycles. The molecule has 0 aromatic heterocycles. The highest BCUT2D eigenvalue weighted by Gasteiger charge is 2.07. The number of rotatable bonds is 5. The van der Waals surface area contributed by atoms with Gasteiger partial charge in [-0.1, -0.05) is 35.3 Å². The normalized spacial score (nSPS) is 10.6. The molecule has 0 fully saturated rings. The minimum absolute atomic E-state index is 0.293. The highest BCUT2D eigenvalue weighted by atomic mass is 35.5. The van der Waals surface area contributed by atoms with E-state index in [9.17, 15) is 9.59 Å². The Morgan fingerprint density at radius 2 is 1.92 bits per heavy atom. The van der Waals surface area contributed by atoms with E-state index in [1.165, 1.54) is 6.08 Å². The minimum atomic E-state index is -0.431. The lowest BCUT2D eigenvalue weighted by molar-refractivity contribution is -0.111. The molecule has 0 heterocycles. The van der Waals surface area contributed by atoms with Crippen molar-refractivity contribution in [1.82, 2.24) is 0 Å². The van der Waals surface area contributed by atoms with Crippen LogP contribution in [0, 0.1) is 0 Å². The molecule has 1 amide bonds. The molecule has 6 heteroatoms. The van der Waals surface area contributed by atoms with Gasteiger partial charge in [0, 0.05) is 11.8 Å². The van der Waals surface area contributed by atoms with Crippen LogP contribution >= 0.6 is 23.2 Å². The van der Waals surface area contributed by atoms with Crippen LogP contribution in [0.1, 0.15) is 22.8 Å². The summed E-state index contributed by atoms with van der Waals surface area (Å²) in [5.74, 6) is -0.762. The van der Waals surface area contributed by atoms with Gasteiger partial charge in [-0.05, 0) is 48.9 Å². The molecule has 0 unspecified atom stereocenters. The van der Waals surface area contributed by atoms with Gasteiger partial charge in [-0.2, -0.15) is 0 Å². The van der Waals surface area contributed by atoms with Gasteiger partial charge in [-0.25, -0.2) is 4.79 Å². The number of anilines is 1. The first-order valence-corrected chi connectivity index (χ1v) is 7.96. The standard InChI is InChI=1S/C18H15Cl2NO3/c1-2-24-18(23)13-4-3-5-14(11-13)21-17(22)9-7-12-6-8-15(19)16(20)10-12/h3-11H,2H2,1H3,(H,21,22)/b9-7+. The molecule has 0 spiro atoms. The van der Waals surface area contributed by atoms with E-state index in [1.54, 1.807) is 55.5 Å². The molecule has 0 atom stereocenters. The molecule has 0 bridgehead atoms. The lowest BCUT2D eigenvalue weighted by Gasteiger charge is -2.05. The second-order valence-electron chi connectivity index (χ2n) is 4.80. The van der Waals surface area contributed by atoms with E-state index < -0.39 is 5.97 Å². The summed E-state index contributed by atoms with van der Waals surface area (Å²) in [5.41, 5.74) is 1.63. The molecule has 2 aromatic carbocycles. The number of nitrogens with one attached hydrogen (secondary N) is 1. The zero-order chi connectivity index (χ0) is 17.5. The molecule has 4 nitrogen and oxygen atoms in total. The average Bonchev–Trinajstić information content (AvgIpc) is 2.56. The maximum atomic E-state index is 12.0. The summed E-state index contributed by atoms with van der Waals surface area (Å²) in [6.07, 6.45) is 2.99. The van der Waals surface area contributed by atoms with Crippen LogP contribution in [0.2, 0.25) is 10.0 Å². The van der Waals surface area contributed by atoms with Gasteiger partial charge in [0.15, 0.2) is 0 Å². The van der Waals surface area contributed by atoms with Crippen LogP contribution in [0.3, 0.4) is 0 Å². The Hall–Kier alpha value is -2.30. The fourth-order valence-corrected chi connectivity index (χ4v) is 2.22. The summed E-state index contributed by atoms with van der Waals surface area (Å²) in [5, 5.41) is 3.55. The quantitative estimate of drug-likeness (QED) is 0.611. The predicted octanol–water partition coefficient (Wildman–Crippen LogP) is 4.82. The van der Waals surface area contributed by atoms with E-state index in [4.69, 9.17) is 27.9 Å². The van der Waals surface area contributed by atoms with E-state index in [1.807, 2.05) is 0 Å². The monoisotopic (exact) mass is 363 g/mol. The molecule has 24 heavy (non-hydrogen) atoms. The van der Waals surface area contributed by atoms with Crippen LogP contribution in [0.5, 0.6) is 0 Å². The highest BCUT2D eigenvalue weighted by Crippen LogP contribution is 2.23. The second-order valence-corrected chi connectivity index (χ2v) is 5.61. The molecule has 2 aromatic rings. The first-order chi connectivity index (χ1) is 11.5. The van der Waals surface area contributed by atoms with E-state index >= 15 is 0 Å². The van der Waals surface area contributed by atoms with Gasteiger partial charge < -0.3 is 10.1 Å². The number of carbonyl (C=O) groups excluding carboxylic acids is 2. The minimum Gasteiger partial charge on any atom is -0.462 e. The van der Waals surface area contributed by atoms with Crippen molar-refractivity contribution in [3.8, 4) is 0 Å². The zero-order valence-electron chi connectivity index (χ0n) is 12.9. The van der Waals surface area contributed by atoms with Gasteiger partial charge in [0.2, 0.25) is 5.91 Å². The molecule has 1 N–H and O–H groups in total. The molecule has 0 radical (unpaired) electrons. The van der Waals surface area contributed by atoms with Gasteiger partial charge >= 0.3 is 5.97 Å². The fraction of sp³-hybridized carbons (Fsp3) is 0.111. The lowest BCUT2D eigenvalue weighted by atomic mass is 10.2. The van der Waals surface area contributed by atoms with E-state index in [0.717, 1.165) is 5.56 Å². The Morgan fingerprint density at radius 3 is 2.62 bits per heavy atom. The van der Waals surface area contributed by atoms with Crippen molar-refractivity contribution in [2.24, 2.45) is 0 Å². The summed E-state index contributed by atoms with van der Waals surface area (Å²) in [4.78, 5) is 23.7. The van der Waals surface area contributed by atoms with Gasteiger partial charge in [0.05, 0.1) is 22.2 Å². The Bertz CT molecular complexity index is 788. The van der Waals surface area contributed by atoms with Crippen molar-refractivity contribution in [3.05, 3.63) is 69.7 Å². The second kappa shape index (κ2) is 8.52. The van der Waals surface area contributed by atoms with Crippen molar-refractivity contribution < 1.29 is 14.3 Å². The van der Waals surface area contributed by atoms with Crippen molar-refractivity contribution >= 4 is 46.8 Å². The SMILES string of the molecule is CCOC(=O)c1cccc(NC(=O)/C=C/c2ccc(Cl)c(Cl)c2)c1. The lowest BCUT2D eigenvalue weighted by Crippen LogP contribution is -2.09. The van der Waals surface area contributed by atoms with Gasteiger partial charge in [0.25, 0.3) is 0 Å². The number of esters is 1. The maximum absolute atomic E-state index is 12.0. The summed E-state index contributed by atoms with van der Waals surface area (Å²) >= 11 is 11.8. The highest BCUT2D eigenvalue weighted by molar-refractivity contribution is 6.42. The Balaban J connectivity index is 2.04. The van der Waals surface area contributed by atoms with Crippen LogP contribution in [-0.2, 0) is 9.53 Å². The van der Waals surface area contributed by atoms with E-state index in [2.05, 4.69) is 5.32 Å². The Kier molecular flexibility index (Phi) is 6.41. The molecular formula is C18H15Cl2NO3. The predicted molar refractivity (Wildman–Crippen MR) is 96.5 cm³/mol. The summed E-state index contributed by atoms with van der Waals surface area (Å²) in [6, 6.07) is 11.6. The third-order valence-electron chi connectivity index (χ3n) is 3.01. The van der Waals surface area contributed by atoms with Crippen molar-refractivity contribution in [2.75, 3.05) is 11.9 Å². The van der Waals surface area contributed by atoms with E-state index in [-0.39, 0.29) is 5.91 Å². The molecule has 2 rings (SSSR count). The van der Waals surface area contributed by atoms with Crippen molar-refractivity contribution in [3.63, 3.8) is 0 Å². The summed E-state index contributed by atoms with van der Waals surface area (Å²) < 4.78 is 4.93. The molecule has 0 aliphatic rings. The van der Waals surface area contributed by atoms with Crippen molar-refractivity contribution in [1.29, 1.82) is 0 Å².